The first kappa shape index (κ1) is 39.9. The molecule has 0 bridgehead atoms. The van der Waals surface area contributed by atoms with Crippen molar-refractivity contribution >= 4 is 11.6 Å². The van der Waals surface area contributed by atoms with Gasteiger partial charge in [-0.1, -0.05) is 60.4 Å². The van der Waals surface area contributed by atoms with E-state index in [1.165, 1.54) is 21.3 Å². The maximum absolute atomic E-state index is 14.8. The Hall–Kier alpha value is -4.77. The number of hydrogen-bond acceptors (Lipinski definition) is 11. The first-order valence-electron chi connectivity index (χ1n) is 18.1. The number of phenols is 1. The monoisotopic (exact) mass is 753 g/mol. The van der Waals surface area contributed by atoms with Crippen molar-refractivity contribution in [2.45, 2.75) is 109 Å². The molecule has 1 N–H and O–H groups in total. The van der Waals surface area contributed by atoms with E-state index in [1.54, 1.807) is 52.8 Å². The molecular weight excluding hydrogens is 706 g/mol. The number of phenolic OH excluding ortho intramolecular Hbond substituents is 1. The fraction of sp³-hybridized carbons (Fsp3) is 0.476. The van der Waals surface area contributed by atoms with Gasteiger partial charge in [-0.25, -0.2) is 0 Å². The first-order chi connectivity index (χ1) is 26.0. The van der Waals surface area contributed by atoms with Crippen molar-refractivity contribution < 1.29 is 47.9 Å². The second-order valence-electron chi connectivity index (χ2n) is 15.1. The van der Waals surface area contributed by atoms with E-state index in [9.17, 15) is 20.2 Å². The van der Waals surface area contributed by atoms with Crippen LogP contribution in [-0.4, -0.2) is 73.2 Å². The van der Waals surface area contributed by atoms with Crippen LogP contribution in [0, 0.1) is 18.8 Å². The molecule has 6 atom stereocenters. The van der Waals surface area contributed by atoms with Crippen molar-refractivity contribution in [3.8, 4) is 23.3 Å². The van der Waals surface area contributed by atoms with Crippen molar-refractivity contribution in [3.63, 3.8) is 0 Å². The van der Waals surface area contributed by atoms with Gasteiger partial charge in [0.15, 0.2) is 11.4 Å². The van der Waals surface area contributed by atoms with Crippen molar-refractivity contribution in [1.29, 1.82) is 0 Å². The summed E-state index contributed by atoms with van der Waals surface area (Å²) in [5.74, 6) is 1.15. The zero-order valence-corrected chi connectivity index (χ0v) is 32.8. The number of Topliss-reactive ketones (excluding diaryl/α,β-unsaturated/α-hetero) is 1. The number of azide groups is 1. The molecule has 0 saturated carbocycles. The zero-order valence-electron chi connectivity index (χ0n) is 32.8. The van der Waals surface area contributed by atoms with Gasteiger partial charge >= 0.3 is 0 Å². The Balaban J connectivity index is 1.43. The van der Waals surface area contributed by atoms with E-state index in [-0.39, 0.29) is 41.0 Å². The van der Waals surface area contributed by atoms with Crippen LogP contribution in [0.5, 0.6) is 11.5 Å². The van der Waals surface area contributed by atoms with Gasteiger partial charge in [0.25, 0.3) is 0 Å². The van der Waals surface area contributed by atoms with Crippen LogP contribution < -0.4 is 4.74 Å². The molecule has 55 heavy (non-hydrogen) atoms. The van der Waals surface area contributed by atoms with E-state index < -0.39 is 64.4 Å². The number of nitrogens with zero attached hydrogens (tertiary/aromatic N) is 3. The minimum atomic E-state index is -1.69. The molecule has 2 aliphatic heterocycles. The molecule has 0 unspecified atom stereocenters. The van der Waals surface area contributed by atoms with Crippen LogP contribution >= 0.6 is 0 Å². The van der Waals surface area contributed by atoms with Gasteiger partial charge in [0.2, 0.25) is 17.4 Å². The van der Waals surface area contributed by atoms with Crippen LogP contribution in [-0.2, 0) is 40.8 Å². The van der Waals surface area contributed by atoms with Gasteiger partial charge in [-0.3, -0.25) is 9.59 Å². The Morgan fingerprint density at radius 3 is 2.33 bits per heavy atom. The number of ether oxygens (including phenoxy) is 7. The molecule has 2 heterocycles. The lowest BCUT2D eigenvalue weighted by Crippen LogP contribution is -2.52. The Morgan fingerprint density at radius 1 is 1.04 bits per heavy atom. The minimum Gasteiger partial charge on any atom is -0.506 e. The van der Waals surface area contributed by atoms with Gasteiger partial charge in [-0.05, 0) is 76.6 Å². The highest BCUT2D eigenvalue weighted by atomic mass is 16.8. The Kier molecular flexibility index (Phi) is 10.7. The summed E-state index contributed by atoms with van der Waals surface area (Å²) in [6.07, 6.45) is -2.13. The van der Waals surface area contributed by atoms with E-state index in [0.717, 1.165) is 5.56 Å². The van der Waals surface area contributed by atoms with Gasteiger partial charge in [0.1, 0.15) is 11.5 Å². The van der Waals surface area contributed by atoms with Crippen LogP contribution in [0.15, 0.2) is 53.6 Å². The number of aromatic hydroxyl groups is 1. The number of ketones is 2. The maximum atomic E-state index is 14.8. The summed E-state index contributed by atoms with van der Waals surface area (Å²) in [6.45, 7) is 12.6. The van der Waals surface area contributed by atoms with E-state index in [4.69, 9.17) is 33.2 Å². The molecule has 0 amide bonds. The molecule has 3 aromatic rings. The smallest absolute Gasteiger partial charge is 0.240 e. The third-order valence-corrected chi connectivity index (χ3v) is 10.9. The number of fused-ring (bicyclic) bond motifs is 2. The van der Waals surface area contributed by atoms with Gasteiger partial charge in [-0.2, -0.15) is 0 Å². The van der Waals surface area contributed by atoms with Crippen molar-refractivity contribution in [2.75, 3.05) is 21.3 Å². The summed E-state index contributed by atoms with van der Waals surface area (Å²) in [4.78, 5) is 31.7. The highest BCUT2D eigenvalue weighted by Crippen LogP contribution is 2.52. The average Bonchev–Trinajstić information content (AvgIpc) is 3.35. The number of hydrogen-bond donors (Lipinski definition) is 1. The van der Waals surface area contributed by atoms with Gasteiger partial charge < -0.3 is 38.3 Å². The molecule has 3 aliphatic rings. The average molecular weight is 754 g/mol. The normalized spacial score (nSPS) is 27.6. The number of benzene rings is 3. The van der Waals surface area contributed by atoms with Crippen LogP contribution in [0.2, 0.25) is 0 Å². The molecule has 0 aromatic heterocycles. The molecule has 1 aliphatic carbocycles. The summed E-state index contributed by atoms with van der Waals surface area (Å²) >= 11 is 0. The molecule has 3 aromatic carbocycles. The van der Waals surface area contributed by atoms with Gasteiger partial charge in [-0.15, -0.1) is 0 Å². The number of carbonyl (C=O) groups is 2. The largest absolute Gasteiger partial charge is 0.506 e. The Morgan fingerprint density at radius 2 is 1.73 bits per heavy atom. The van der Waals surface area contributed by atoms with Gasteiger partial charge in [0.05, 0.1) is 60.4 Å². The molecule has 290 valence electrons. The molecule has 6 rings (SSSR count). The zero-order chi connectivity index (χ0) is 40.1. The van der Waals surface area contributed by atoms with Crippen molar-refractivity contribution in [2.24, 2.45) is 5.11 Å². The topological polar surface area (TPSA) is 168 Å². The number of carbonyl (C=O) groups excluding carboxylic acids is 2. The van der Waals surface area contributed by atoms with E-state index in [1.807, 2.05) is 44.2 Å². The number of rotatable bonds is 9. The Bertz CT molecular complexity index is 2130. The van der Waals surface area contributed by atoms with E-state index in [0.29, 0.717) is 16.7 Å². The van der Waals surface area contributed by atoms with E-state index >= 15 is 0 Å². The second kappa shape index (κ2) is 14.7. The standard InChI is InChI=1S/C42H47N3O10/c1-23-20-29-33(35(47)32(23)30(46)18-19-41(7)25(3)54-39(4,5)55-41)36(48)34-28(42(29,50-9)51-10)17-16-27(37(34)49-8)31-21-40(6,44-45-43)38(24(2)53-31)52-22-26-14-12-11-13-15-26/h11-17,20,24-25,31,38,47H,21-22H2,1-10H3/t24-,25+,31-,38+,40-,41-/m0/s1. The summed E-state index contributed by atoms with van der Waals surface area (Å²) in [5, 5.41) is 16.1. The molecule has 2 saturated heterocycles. The summed E-state index contributed by atoms with van der Waals surface area (Å²) in [6, 6.07) is 14.7. The third-order valence-electron chi connectivity index (χ3n) is 10.9. The van der Waals surface area contributed by atoms with Crippen LogP contribution in [0.4, 0.5) is 0 Å². The molecule has 0 radical (unpaired) electrons. The molecular formula is C42H47N3O10. The van der Waals surface area contributed by atoms with Crippen molar-refractivity contribution in [3.05, 3.63) is 103 Å². The quantitative estimate of drug-likeness (QED) is 0.0443. The van der Waals surface area contributed by atoms with E-state index in [2.05, 4.69) is 21.9 Å². The second-order valence-corrected chi connectivity index (χ2v) is 15.1. The number of aryl methyl sites for hydroxylation is 1. The summed E-state index contributed by atoms with van der Waals surface area (Å²) < 4.78 is 42.8. The maximum Gasteiger partial charge on any atom is 0.240 e. The molecule has 13 nitrogen and oxygen atoms in total. The number of methoxy groups -OCH3 is 3. The minimum absolute atomic E-state index is 0.0455. The highest BCUT2D eigenvalue weighted by molar-refractivity contribution is 6.20. The van der Waals surface area contributed by atoms with Crippen LogP contribution in [0.25, 0.3) is 10.4 Å². The fourth-order valence-electron chi connectivity index (χ4n) is 8.30. The Labute approximate surface area is 320 Å². The lowest BCUT2D eigenvalue weighted by atomic mass is 9.75. The predicted molar refractivity (Wildman–Crippen MR) is 201 cm³/mol. The highest BCUT2D eigenvalue weighted by Gasteiger charge is 2.52. The SMILES string of the molecule is COc1c([C@@H]2C[C@](C)(N=[N+]=[N-])[C@H](OCc3ccccc3)[C@H](C)O2)ccc2c1C(=O)c1c(cc(C)c(C(=O)C#C[C@]3(C)OC(C)(C)O[C@@H]3C)c1O)C2(OC)OC. The molecule has 2 fully saturated rings. The first-order valence-corrected chi connectivity index (χ1v) is 18.1. The van der Waals surface area contributed by atoms with Crippen LogP contribution in [0.1, 0.15) is 108 Å². The summed E-state index contributed by atoms with van der Waals surface area (Å²) in [5.41, 5.74) is 9.53. The molecule has 0 spiro atoms. The van der Waals surface area contributed by atoms with Crippen molar-refractivity contribution in [1.82, 2.24) is 0 Å². The summed E-state index contributed by atoms with van der Waals surface area (Å²) in [7, 11) is 4.26. The fourth-order valence-corrected chi connectivity index (χ4v) is 8.30. The lowest BCUT2D eigenvalue weighted by Gasteiger charge is -2.45. The van der Waals surface area contributed by atoms with Crippen LogP contribution in [0.3, 0.4) is 0 Å². The predicted octanol–water partition coefficient (Wildman–Crippen LogP) is 7.37. The lowest BCUT2D eigenvalue weighted by molar-refractivity contribution is -0.185. The third kappa shape index (κ3) is 6.78. The molecule has 13 heteroatoms. The van der Waals surface area contributed by atoms with Gasteiger partial charge in [0, 0.05) is 35.8 Å².